The Hall–Kier alpha value is -1.79. The van der Waals surface area contributed by atoms with Gasteiger partial charge in [0.05, 0.1) is 0 Å². The summed E-state index contributed by atoms with van der Waals surface area (Å²) in [7, 11) is 2.06. The zero-order valence-corrected chi connectivity index (χ0v) is 48.4. The van der Waals surface area contributed by atoms with Crippen LogP contribution in [0.25, 0.3) is 0 Å². The van der Waals surface area contributed by atoms with Gasteiger partial charge in [0.25, 0.3) is 0 Å². The maximum atomic E-state index is 13.4. The number of hydrogen-bond acceptors (Lipinski definition) is 5. The van der Waals surface area contributed by atoms with Crippen LogP contribution in [0.4, 0.5) is 0 Å². The van der Waals surface area contributed by atoms with Crippen LogP contribution in [0.5, 0.6) is 0 Å². The van der Waals surface area contributed by atoms with Gasteiger partial charge >= 0.3 is 0 Å². The molecule has 2 aliphatic rings. The van der Waals surface area contributed by atoms with Gasteiger partial charge in [0.15, 0.2) is 5.78 Å². The Morgan fingerprint density at radius 1 is 0.701 bits per heavy atom. The molecule has 1 amide bonds. The molecule has 6 heteroatoms. The second-order valence-corrected chi connectivity index (χ2v) is 20.9. The van der Waals surface area contributed by atoms with Crippen LogP contribution in [-0.4, -0.2) is 71.2 Å². The molecular weight excluding hydrogens is 825 g/mol. The van der Waals surface area contributed by atoms with Crippen LogP contribution in [0.3, 0.4) is 0 Å². The van der Waals surface area contributed by atoms with Crippen LogP contribution < -0.4 is 0 Å². The molecule has 0 aromatic rings. The monoisotopic (exact) mass is 944 g/mol. The van der Waals surface area contributed by atoms with E-state index in [1.165, 1.54) is 95.5 Å². The fraction of sp³-hybridized carbons (Fsp3) is 0.869. The highest BCUT2D eigenvalue weighted by Crippen LogP contribution is 2.44. The smallest absolute Gasteiger partial charge is 0.228 e. The minimum absolute atomic E-state index is 0.266. The number of aliphatic hydroxyl groups excluding tert-OH is 1. The molecule has 1 radical (unpaired) electrons. The van der Waals surface area contributed by atoms with Gasteiger partial charge in [0.2, 0.25) is 5.91 Å². The lowest BCUT2D eigenvalue weighted by Gasteiger charge is -2.35. The van der Waals surface area contributed by atoms with E-state index in [1.807, 2.05) is 41.5 Å². The molecule has 0 aromatic heterocycles. The number of allylic oxidation sites excluding steroid dienone is 2. The van der Waals surface area contributed by atoms with E-state index in [-0.39, 0.29) is 17.4 Å². The van der Waals surface area contributed by atoms with Crippen molar-refractivity contribution in [2.75, 3.05) is 26.7 Å². The first kappa shape index (κ1) is 69.5. The van der Waals surface area contributed by atoms with Crippen molar-refractivity contribution in [1.29, 1.82) is 0 Å². The largest absolute Gasteiger partial charge is 0.396 e. The number of hydrogen-bond donors (Lipinski definition) is 1. The molecular formula is C61H119N2O4. The Morgan fingerprint density at radius 2 is 1.18 bits per heavy atom. The van der Waals surface area contributed by atoms with E-state index < -0.39 is 0 Å². The van der Waals surface area contributed by atoms with Gasteiger partial charge in [-0.15, -0.1) is 0 Å². The van der Waals surface area contributed by atoms with Gasteiger partial charge in [-0.1, -0.05) is 226 Å². The van der Waals surface area contributed by atoms with E-state index >= 15 is 0 Å². The van der Waals surface area contributed by atoms with Crippen molar-refractivity contribution in [2.45, 2.75) is 296 Å². The van der Waals surface area contributed by atoms with Gasteiger partial charge < -0.3 is 10.0 Å². The van der Waals surface area contributed by atoms with Crippen LogP contribution in [0.2, 0.25) is 0 Å². The van der Waals surface area contributed by atoms with Crippen LogP contribution >= 0.6 is 0 Å². The maximum absolute atomic E-state index is 13.4. The Morgan fingerprint density at radius 3 is 1.67 bits per heavy atom. The number of carbonyl (C=O) groups excluding carboxylic acids is 3. The summed E-state index contributed by atoms with van der Waals surface area (Å²) in [4.78, 5) is 42.9. The van der Waals surface area contributed by atoms with Crippen molar-refractivity contribution < 1.29 is 19.5 Å². The van der Waals surface area contributed by atoms with E-state index in [2.05, 4.69) is 99.1 Å². The van der Waals surface area contributed by atoms with Gasteiger partial charge in [0.1, 0.15) is 5.78 Å². The summed E-state index contributed by atoms with van der Waals surface area (Å²) in [5.41, 5.74) is 2.87. The Bertz CT molecular complexity index is 1250. The van der Waals surface area contributed by atoms with Crippen LogP contribution in [0.1, 0.15) is 284 Å². The van der Waals surface area contributed by atoms with Crippen molar-refractivity contribution in [1.82, 2.24) is 9.80 Å². The molecule has 0 aromatic carbocycles. The van der Waals surface area contributed by atoms with Crippen LogP contribution in [0, 0.1) is 29.1 Å². The van der Waals surface area contributed by atoms with E-state index in [4.69, 9.17) is 5.11 Å². The van der Waals surface area contributed by atoms with Crippen molar-refractivity contribution in [3.05, 3.63) is 29.7 Å². The molecule has 0 spiro atoms. The standard InChI is InChI=1S/C28H57NO2.C27H44NO2.3C2H6/c1-6-8-10-12-14-18-22-26(23-19-15-13-11-9-7-2)29(5)27(31)28(3,4)24-20-16-17-21-25-30;1-8-12-25(29)24-17-23(24)21-16-22(9-2)28(18-21)14-11-10-13-27(6,7)26(30)15-20(5)19(3)4;3*1-2/h26,30H,6-25H2,1-5H3;17,19,21-22H,5,8-16,18H2,1-4,6-7H3;3*1-2H3/t;21-,22+;;;/m.0.../s1. The average Bonchev–Trinajstić information content (AvgIpc) is 4.03. The Balaban J connectivity index is -0.00000110. The molecule has 2 atom stereocenters. The number of unbranched alkanes of at least 4 members (excludes halogenated alkanes) is 14. The van der Waals surface area contributed by atoms with Gasteiger partial charge in [-0.25, -0.2) is 0 Å². The minimum atomic E-state index is -0.283. The zero-order chi connectivity index (χ0) is 51.8. The fourth-order valence-corrected chi connectivity index (χ4v) is 9.27. The molecule has 1 aliphatic heterocycles. The number of nitrogens with zero attached hydrogens (tertiary/aromatic N) is 2. The van der Waals surface area contributed by atoms with Crippen LogP contribution in [0.15, 0.2) is 23.3 Å². The molecule has 1 aliphatic carbocycles. The predicted molar refractivity (Wildman–Crippen MR) is 297 cm³/mol. The summed E-state index contributed by atoms with van der Waals surface area (Å²) >= 11 is 0. The molecule has 1 N–H and O–H groups in total. The average molecular weight is 945 g/mol. The summed E-state index contributed by atoms with van der Waals surface area (Å²) in [5.74, 6) is 1.92. The number of rotatable bonds is 36. The molecule has 1 saturated heterocycles. The molecule has 2 rings (SSSR count). The summed E-state index contributed by atoms with van der Waals surface area (Å²) in [6, 6.07) is 1.03. The van der Waals surface area contributed by atoms with Crippen molar-refractivity contribution in [3.8, 4) is 0 Å². The fourth-order valence-electron chi connectivity index (χ4n) is 9.27. The highest BCUT2D eigenvalue weighted by Gasteiger charge is 2.40. The van der Waals surface area contributed by atoms with Gasteiger partial charge in [-0.3, -0.25) is 19.3 Å². The Labute approximate surface area is 420 Å². The van der Waals surface area contributed by atoms with E-state index in [9.17, 15) is 14.4 Å². The van der Waals surface area contributed by atoms with Gasteiger partial charge in [0, 0.05) is 67.9 Å². The summed E-state index contributed by atoms with van der Waals surface area (Å²) in [6.07, 6.45) is 33.0. The number of aliphatic hydroxyl groups is 1. The highest BCUT2D eigenvalue weighted by molar-refractivity contribution is 6.05. The van der Waals surface area contributed by atoms with E-state index in [0.717, 1.165) is 94.9 Å². The first-order valence-corrected chi connectivity index (χ1v) is 29.0. The van der Waals surface area contributed by atoms with Crippen molar-refractivity contribution in [3.63, 3.8) is 0 Å². The summed E-state index contributed by atoms with van der Waals surface area (Å²) in [5, 5.41) is 8.95. The first-order valence-electron chi connectivity index (χ1n) is 29.0. The van der Waals surface area contributed by atoms with Crippen molar-refractivity contribution >= 4 is 17.5 Å². The molecule has 67 heavy (non-hydrogen) atoms. The highest BCUT2D eigenvalue weighted by atomic mass is 16.3. The molecule has 0 unspecified atom stereocenters. The first-order chi connectivity index (χ1) is 32.0. The SMILES string of the molecule is C=C(CC(=O)C(C)(C)CCCCN1C[C@@H](C2=C(C(=O)CCC)[CH]2)C[C@H]1CC)C(C)C.CC.CC.CC.CCCCCCCCC(CCCCCCCC)N(C)C(=O)C(C)(C)CCCCCCO. The van der Waals surface area contributed by atoms with E-state index in [0.29, 0.717) is 54.2 Å². The quantitative estimate of drug-likeness (QED) is 0.0500. The van der Waals surface area contributed by atoms with Crippen LogP contribution in [-0.2, 0) is 14.4 Å². The second-order valence-electron chi connectivity index (χ2n) is 20.9. The predicted octanol–water partition coefficient (Wildman–Crippen LogP) is 17.7. The lowest BCUT2D eigenvalue weighted by molar-refractivity contribution is -0.142. The third kappa shape index (κ3) is 31.2. The number of amides is 1. The third-order valence-corrected chi connectivity index (χ3v) is 14.1. The molecule has 1 fully saturated rings. The van der Waals surface area contributed by atoms with Crippen molar-refractivity contribution in [2.24, 2.45) is 22.7 Å². The van der Waals surface area contributed by atoms with Gasteiger partial charge in [-0.05, 0) is 81.7 Å². The number of likely N-dealkylation sites (tertiary alicyclic amines) is 1. The molecule has 0 saturated carbocycles. The number of ketones is 2. The number of carbonyl (C=O) groups is 3. The summed E-state index contributed by atoms with van der Waals surface area (Å²) < 4.78 is 0. The lowest BCUT2D eigenvalue weighted by Crippen LogP contribution is -2.44. The van der Waals surface area contributed by atoms with Gasteiger partial charge in [-0.2, -0.15) is 0 Å². The molecule has 1 heterocycles. The third-order valence-electron chi connectivity index (χ3n) is 14.1. The topological polar surface area (TPSA) is 77.9 Å². The molecule has 397 valence electrons. The maximum Gasteiger partial charge on any atom is 0.228 e. The van der Waals surface area contributed by atoms with E-state index in [1.54, 1.807) is 0 Å². The molecule has 0 bridgehead atoms. The summed E-state index contributed by atoms with van der Waals surface area (Å²) in [6.45, 7) is 40.1. The second kappa shape index (κ2) is 43.0. The minimum Gasteiger partial charge on any atom is -0.396 e. The number of Topliss-reactive ketones (excluding diaryl/α,β-unsaturated/α-hetero) is 2. The normalized spacial score (nSPS) is 15.7. The lowest BCUT2D eigenvalue weighted by atomic mass is 9.79. The Kier molecular flexibility index (Phi) is 44.6. The zero-order valence-electron chi connectivity index (χ0n) is 48.4. The molecule has 6 nitrogen and oxygen atoms in total.